The predicted molar refractivity (Wildman–Crippen MR) is 81.5 cm³/mol. The Kier molecular flexibility index (Phi) is 6.88. The van der Waals surface area contributed by atoms with Crippen LogP contribution in [0.25, 0.3) is 0 Å². The SMILES string of the molecule is CCC(C)[C@H](N)C(=O)NC(Cc1ccccc1)C(=O)OC. The lowest BCUT2D eigenvalue weighted by atomic mass is 9.98. The first-order chi connectivity index (χ1) is 9.99. The number of rotatable bonds is 7. The van der Waals surface area contributed by atoms with Crippen molar-refractivity contribution in [3.05, 3.63) is 35.9 Å². The molecule has 1 rings (SSSR count). The van der Waals surface area contributed by atoms with E-state index in [1.165, 1.54) is 7.11 Å². The van der Waals surface area contributed by atoms with Crippen LogP contribution in [0.2, 0.25) is 0 Å². The summed E-state index contributed by atoms with van der Waals surface area (Å²) >= 11 is 0. The van der Waals surface area contributed by atoms with Gasteiger partial charge < -0.3 is 15.8 Å². The quantitative estimate of drug-likeness (QED) is 0.741. The summed E-state index contributed by atoms with van der Waals surface area (Å²) in [5.41, 5.74) is 6.84. The van der Waals surface area contributed by atoms with Crippen molar-refractivity contribution in [2.75, 3.05) is 7.11 Å². The Hall–Kier alpha value is -1.88. The van der Waals surface area contributed by atoms with Crippen LogP contribution in [0, 0.1) is 5.92 Å². The second-order valence-electron chi connectivity index (χ2n) is 5.19. The van der Waals surface area contributed by atoms with Gasteiger partial charge in [-0.2, -0.15) is 0 Å². The van der Waals surface area contributed by atoms with Crippen LogP contribution in [0.5, 0.6) is 0 Å². The lowest BCUT2D eigenvalue weighted by Gasteiger charge is -2.22. The largest absolute Gasteiger partial charge is 0.467 e. The first-order valence-electron chi connectivity index (χ1n) is 7.17. The number of nitrogens with two attached hydrogens (primary N) is 1. The summed E-state index contributed by atoms with van der Waals surface area (Å²) < 4.78 is 4.76. The van der Waals surface area contributed by atoms with E-state index in [0.29, 0.717) is 6.42 Å². The molecule has 0 saturated carbocycles. The molecule has 116 valence electrons. The first-order valence-corrected chi connectivity index (χ1v) is 7.17. The highest BCUT2D eigenvalue weighted by atomic mass is 16.5. The molecule has 0 aromatic heterocycles. The smallest absolute Gasteiger partial charge is 0.328 e. The zero-order chi connectivity index (χ0) is 15.8. The molecule has 0 aliphatic rings. The Bertz CT molecular complexity index is 462. The van der Waals surface area contributed by atoms with Gasteiger partial charge in [-0.05, 0) is 11.5 Å². The highest BCUT2D eigenvalue weighted by molar-refractivity contribution is 5.87. The van der Waals surface area contributed by atoms with Gasteiger partial charge in [-0.15, -0.1) is 0 Å². The summed E-state index contributed by atoms with van der Waals surface area (Å²) in [7, 11) is 1.31. The summed E-state index contributed by atoms with van der Waals surface area (Å²) in [6.07, 6.45) is 1.18. The fourth-order valence-electron chi connectivity index (χ4n) is 1.97. The molecular formula is C16H24N2O3. The van der Waals surface area contributed by atoms with Crippen molar-refractivity contribution < 1.29 is 14.3 Å². The van der Waals surface area contributed by atoms with Crippen LogP contribution in [0.15, 0.2) is 30.3 Å². The number of carbonyl (C=O) groups excluding carboxylic acids is 2. The van der Waals surface area contributed by atoms with Crippen molar-refractivity contribution in [1.29, 1.82) is 0 Å². The number of methoxy groups -OCH3 is 1. The maximum Gasteiger partial charge on any atom is 0.328 e. The molecule has 0 fully saturated rings. The maximum absolute atomic E-state index is 12.1. The molecule has 1 aromatic carbocycles. The standard InChI is InChI=1S/C16H24N2O3/c1-4-11(2)14(17)15(19)18-13(16(20)21-3)10-12-8-6-5-7-9-12/h5-9,11,13-14H,4,10,17H2,1-3H3,(H,18,19)/t11?,13?,14-/m0/s1. The van der Waals surface area contributed by atoms with Crippen LogP contribution < -0.4 is 11.1 Å². The molecule has 0 heterocycles. The summed E-state index contributed by atoms with van der Waals surface area (Å²) in [5, 5.41) is 2.69. The summed E-state index contributed by atoms with van der Waals surface area (Å²) in [6.45, 7) is 3.88. The highest BCUT2D eigenvalue weighted by Crippen LogP contribution is 2.08. The van der Waals surface area contributed by atoms with Gasteiger partial charge in [-0.3, -0.25) is 4.79 Å². The van der Waals surface area contributed by atoms with E-state index >= 15 is 0 Å². The van der Waals surface area contributed by atoms with Crippen LogP contribution in [0.3, 0.4) is 0 Å². The van der Waals surface area contributed by atoms with Crippen molar-refractivity contribution in [3.8, 4) is 0 Å². The van der Waals surface area contributed by atoms with Crippen molar-refractivity contribution in [2.45, 2.75) is 38.8 Å². The van der Waals surface area contributed by atoms with Crippen molar-refractivity contribution in [2.24, 2.45) is 11.7 Å². The molecule has 2 unspecified atom stereocenters. The summed E-state index contributed by atoms with van der Waals surface area (Å²) in [6, 6.07) is 8.12. The van der Waals surface area contributed by atoms with Crippen LogP contribution in [-0.2, 0) is 20.7 Å². The highest BCUT2D eigenvalue weighted by Gasteiger charge is 2.26. The lowest BCUT2D eigenvalue weighted by Crippen LogP contribution is -2.51. The zero-order valence-corrected chi connectivity index (χ0v) is 12.8. The Balaban J connectivity index is 2.75. The van der Waals surface area contributed by atoms with Gasteiger partial charge in [0, 0.05) is 6.42 Å². The number of amides is 1. The van der Waals surface area contributed by atoms with Crippen LogP contribution in [-0.4, -0.2) is 31.1 Å². The van der Waals surface area contributed by atoms with E-state index in [9.17, 15) is 9.59 Å². The van der Waals surface area contributed by atoms with E-state index in [0.717, 1.165) is 12.0 Å². The first kappa shape index (κ1) is 17.2. The molecular weight excluding hydrogens is 268 g/mol. The van der Waals surface area contributed by atoms with Gasteiger partial charge in [0.25, 0.3) is 0 Å². The number of nitrogens with one attached hydrogen (secondary N) is 1. The van der Waals surface area contributed by atoms with E-state index in [1.807, 2.05) is 44.2 Å². The predicted octanol–water partition coefficient (Wildman–Crippen LogP) is 1.26. The number of ether oxygens (including phenoxy) is 1. The van der Waals surface area contributed by atoms with Crippen molar-refractivity contribution in [1.82, 2.24) is 5.32 Å². The zero-order valence-electron chi connectivity index (χ0n) is 12.8. The van der Waals surface area contributed by atoms with E-state index in [1.54, 1.807) is 0 Å². The molecule has 0 spiro atoms. The molecule has 5 heteroatoms. The van der Waals surface area contributed by atoms with Gasteiger partial charge in [-0.25, -0.2) is 4.79 Å². The van der Waals surface area contributed by atoms with Crippen LogP contribution >= 0.6 is 0 Å². The van der Waals surface area contributed by atoms with Crippen molar-refractivity contribution in [3.63, 3.8) is 0 Å². The van der Waals surface area contributed by atoms with Gasteiger partial charge in [0.05, 0.1) is 13.2 Å². The van der Waals surface area contributed by atoms with Gasteiger partial charge in [-0.1, -0.05) is 50.6 Å². The lowest BCUT2D eigenvalue weighted by molar-refractivity contribution is -0.145. The van der Waals surface area contributed by atoms with Gasteiger partial charge in [0.15, 0.2) is 0 Å². The number of benzene rings is 1. The van der Waals surface area contributed by atoms with Gasteiger partial charge in [0.1, 0.15) is 6.04 Å². The topological polar surface area (TPSA) is 81.4 Å². The molecule has 3 N–H and O–H groups in total. The monoisotopic (exact) mass is 292 g/mol. The second kappa shape index (κ2) is 8.42. The molecule has 0 radical (unpaired) electrons. The molecule has 1 aromatic rings. The third kappa shape index (κ3) is 5.19. The third-order valence-corrected chi connectivity index (χ3v) is 3.64. The molecule has 0 aliphatic carbocycles. The molecule has 21 heavy (non-hydrogen) atoms. The molecule has 0 aliphatic heterocycles. The normalized spacial score (nSPS) is 14.9. The fourth-order valence-corrected chi connectivity index (χ4v) is 1.97. The molecule has 0 saturated heterocycles. The van der Waals surface area contributed by atoms with Crippen LogP contribution in [0.1, 0.15) is 25.8 Å². The average molecular weight is 292 g/mol. The Morgan fingerprint density at radius 3 is 2.43 bits per heavy atom. The minimum Gasteiger partial charge on any atom is -0.467 e. The van der Waals surface area contributed by atoms with E-state index < -0.39 is 18.1 Å². The average Bonchev–Trinajstić information content (AvgIpc) is 2.52. The van der Waals surface area contributed by atoms with E-state index in [-0.39, 0.29) is 11.8 Å². The summed E-state index contributed by atoms with van der Waals surface area (Å²) in [5.74, 6) is -0.737. The minimum absolute atomic E-state index is 0.0556. The van der Waals surface area contributed by atoms with E-state index in [2.05, 4.69) is 5.32 Å². The van der Waals surface area contributed by atoms with Gasteiger partial charge in [0.2, 0.25) is 5.91 Å². The molecule has 0 bridgehead atoms. The van der Waals surface area contributed by atoms with Crippen molar-refractivity contribution >= 4 is 11.9 Å². The molecule has 3 atom stereocenters. The Labute approximate surface area is 125 Å². The third-order valence-electron chi connectivity index (χ3n) is 3.64. The number of carbonyl (C=O) groups is 2. The second-order valence-corrected chi connectivity index (χ2v) is 5.19. The Morgan fingerprint density at radius 2 is 1.90 bits per heavy atom. The Morgan fingerprint density at radius 1 is 1.29 bits per heavy atom. The van der Waals surface area contributed by atoms with Gasteiger partial charge >= 0.3 is 5.97 Å². The molecule has 5 nitrogen and oxygen atoms in total. The maximum atomic E-state index is 12.1. The number of hydrogen-bond acceptors (Lipinski definition) is 4. The van der Waals surface area contributed by atoms with Crippen LogP contribution in [0.4, 0.5) is 0 Å². The number of hydrogen-bond donors (Lipinski definition) is 2. The minimum atomic E-state index is -0.722. The molecule has 1 amide bonds. The number of esters is 1. The summed E-state index contributed by atoms with van der Waals surface area (Å²) in [4.78, 5) is 24.0. The fraction of sp³-hybridized carbons (Fsp3) is 0.500. The van der Waals surface area contributed by atoms with E-state index in [4.69, 9.17) is 10.5 Å².